The minimum atomic E-state index is -4.48. The summed E-state index contributed by atoms with van der Waals surface area (Å²) in [6.07, 6.45) is 2.63. The summed E-state index contributed by atoms with van der Waals surface area (Å²) in [6, 6.07) is 2.50. The highest BCUT2D eigenvalue weighted by atomic mass is 127. The first-order valence-electron chi connectivity index (χ1n) is 9.70. The van der Waals surface area contributed by atoms with Crippen LogP contribution >= 0.6 is 24.0 Å². The van der Waals surface area contributed by atoms with E-state index >= 15 is 0 Å². The van der Waals surface area contributed by atoms with Crippen molar-refractivity contribution in [2.45, 2.75) is 56.4 Å². The Morgan fingerprint density at radius 3 is 2.55 bits per heavy atom. The number of rotatable bonds is 5. The molecule has 2 bridgehead atoms. The minimum absolute atomic E-state index is 0. The van der Waals surface area contributed by atoms with E-state index in [0.29, 0.717) is 37.2 Å². The first-order valence-corrected chi connectivity index (χ1v) is 9.70. The number of nitrogens with one attached hydrogen (secondary N) is 3. The topological polar surface area (TPSA) is 77.5 Å². The zero-order chi connectivity index (χ0) is 20.1. The van der Waals surface area contributed by atoms with E-state index in [1.165, 1.54) is 19.3 Å². The summed E-state index contributed by atoms with van der Waals surface area (Å²) in [5, 5.41) is 9.48. The third-order valence-corrected chi connectivity index (χ3v) is 5.55. The maximum atomic E-state index is 12.7. The lowest BCUT2D eigenvalue weighted by molar-refractivity contribution is -0.141. The number of hydrogen-bond acceptors (Lipinski definition) is 5. The van der Waals surface area contributed by atoms with Crippen LogP contribution in [0.5, 0.6) is 0 Å². The van der Waals surface area contributed by atoms with E-state index in [-0.39, 0.29) is 29.9 Å². The number of guanidine groups is 1. The standard InChI is InChI=1S/C18H28F3N7.HI/c1-22-16(26-12-10-13-4-3-5-14(11-12)28(13)2)24-8-9-25-17-23-7-6-15(27-17)18(19,20)21;/h6-7,12-14H,3-5,8-11H2,1-2H3,(H2,22,24,26)(H,23,25,27);1H. The first-order chi connectivity index (χ1) is 13.4. The van der Waals surface area contributed by atoms with E-state index in [2.05, 4.69) is 42.9 Å². The molecule has 3 N–H and O–H groups in total. The molecule has 2 saturated heterocycles. The lowest BCUT2D eigenvalue weighted by Gasteiger charge is -2.47. The molecule has 29 heavy (non-hydrogen) atoms. The zero-order valence-corrected chi connectivity index (χ0v) is 19.0. The minimum Gasteiger partial charge on any atom is -0.355 e. The van der Waals surface area contributed by atoms with E-state index in [1.807, 2.05) is 0 Å². The van der Waals surface area contributed by atoms with Crippen LogP contribution in [0.3, 0.4) is 0 Å². The molecule has 2 aliphatic rings. The Labute approximate surface area is 186 Å². The van der Waals surface area contributed by atoms with Crippen molar-refractivity contribution in [3.63, 3.8) is 0 Å². The Balaban J connectivity index is 0.00000300. The van der Waals surface area contributed by atoms with Gasteiger partial charge in [-0.2, -0.15) is 13.2 Å². The summed E-state index contributed by atoms with van der Waals surface area (Å²) in [5.41, 5.74) is -0.955. The summed E-state index contributed by atoms with van der Waals surface area (Å²) in [4.78, 5) is 14.1. The summed E-state index contributed by atoms with van der Waals surface area (Å²) >= 11 is 0. The lowest BCUT2D eigenvalue weighted by Crippen LogP contribution is -2.56. The van der Waals surface area contributed by atoms with Crippen LogP contribution in [0.1, 0.15) is 37.8 Å². The third-order valence-electron chi connectivity index (χ3n) is 5.55. The van der Waals surface area contributed by atoms with Gasteiger partial charge < -0.3 is 20.9 Å². The van der Waals surface area contributed by atoms with Gasteiger partial charge in [-0.1, -0.05) is 6.42 Å². The number of hydrogen-bond donors (Lipinski definition) is 3. The van der Waals surface area contributed by atoms with E-state index < -0.39 is 11.9 Å². The highest BCUT2D eigenvalue weighted by molar-refractivity contribution is 14.0. The maximum Gasteiger partial charge on any atom is 0.433 e. The number of piperidine rings is 2. The lowest BCUT2D eigenvalue weighted by atomic mass is 9.82. The molecule has 2 fully saturated rings. The fraction of sp³-hybridized carbons (Fsp3) is 0.722. The highest BCUT2D eigenvalue weighted by Gasteiger charge is 2.36. The second kappa shape index (κ2) is 10.6. The number of anilines is 1. The summed E-state index contributed by atoms with van der Waals surface area (Å²) < 4.78 is 38.0. The third kappa shape index (κ3) is 6.56. The van der Waals surface area contributed by atoms with Gasteiger partial charge in [0.2, 0.25) is 5.95 Å². The molecule has 1 aromatic rings. The molecule has 2 aliphatic heterocycles. The number of fused-ring (bicyclic) bond motifs is 2. The molecule has 2 atom stereocenters. The fourth-order valence-electron chi connectivity index (χ4n) is 4.08. The van der Waals surface area contributed by atoms with Crippen LogP contribution in [0, 0.1) is 0 Å². The van der Waals surface area contributed by atoms with Gasteiger partial charge in [0.05, 0.1) is 0 Å². The normalized spacial score (nSPS) is 25.1. The molecule has 0 spiro atoms. The summed E-state index contributed by atoms with van der Waals surface area (Å²) in [5.74, 6) is 0.669. The first kappa shape index (κ1) is 23.9. The second-order valence-electron chi connectivity index (χ2n) is 7.41. The Morgan fingerprint density at radius 2 is 1.93 bits per heavy atom. The Kier molecular flexibility index (Phi) is 8.73. The van der Waals surface area contributed by atoms with Crippen LogP contribution in [0.4, 0.5) is 19.1 Å². The molecule has 2 unspecified atom stereocenters. The van der Waals surface area contributed by atoms with Crippen LogP contribution in [0.15, 0.2) is 17.3 Å². The molecule has 11 heteroatoms. The van der Waals surface area contributed by atoms with Crippen LogP contribution in [-0.4, -0.2) is 66.1 Å². The van der Waals surface area contributed by atoms with E-state index in [0.717, 1.165) is 25.1 Å². The fourth-order valence-corrected chi connectivity index (χ4v) is 4.08. The zero-order valence-electron chi connectivity index (χ0n) is 16.7. The molecule has 164 valence electrons. The van der Waals surface area contributed by atoms with Crippen molar-refractivity contribution in [3.8, 4) is 0 Å². The average molecular weight is 527 g/mol. The Bertz CT molecular complexity index is 672. The van der Waals surface area contributed by atoms with Gasteiger partial charge >= 0.3 is 6.18 Å². The number of aromatic nitrogens is 2. The van der Waals surface area contributed by atoms with Crippen LogP contribution in [-0.2, 0) is 6.18 Å². The maximum absolute atomic E-state index is 12.7. The predicted octanol–water partition coefficient (Wildman–Crippen LogP) is 2.71. The van der Waals surface area contributed by atoms with Crippen molar-refractivity contribution in [2.24, 2.45) is 4.99 Å². The largest absolute Gasteiger partial charge is 0.433 e. The highest BCUT2D eigenvalue weighted by Crippen LogP contribution is 2.32. The van der Waals surface area contributed by atoms with Gasteiger partial charge in [-0.3, -0.25) is 4.99 Å². The molecule has 0 amide bonds. The van der Waals surface area contributed by atoms with Crippen molar-refractivity contribution < 1.29 is 13.2 Å². The molecule has 7 nitrogen and oxygen atoms in total. The van der Waals surface area contributed by atoms with E-state index in [9.17, 15) is 13.2 Å². The van der Waals surface area contributed by atoms with E-state index in [1.54, 1.807) is 7.05 Å². The number of alkyl halides is 3. The SMILES string of the molecule is CN=C(NCCNc1nccc(C(F)(F)F)n1)NC1CC2CCCC(C1)N2C.I. The summed E-state index contributed by atoms with van der Waals surface area (Å²) in [6.45, 7) is 0.861. The molecule has 3 heterocycles. The summed E-state index contributed by atoms with van der Waals surface area (Å²) in [7, 11) is 3.94. The van der Waals surface area contributed by atoms with Crippen molar-refractivity contribution in [3.05, 3.63) is 18.0 Å². The number of halogens is 4. The predicted molar refractivity (Wildman–Crippen MR) is 118 cm³/mol. The number of aliphatic imine (C=N–C) groups is 1. The van der Waals surface area contributed by atoms with Gasteiger partial charge in [-0.05, 0) is 38.8 Å². The van der Waals surface area contributed by atoms with Crippen molar-refractivity contribution >= 4 is 35.9 Å². The van der Waals surface area contributed by atoms with Crippen LogP contribution in [0.2, 0.25) is 0 Å². The average Bonchev–Trinajstić information content (AvgIpc) is 2.64. The van der Waals surface area contributed by atoms with Crippen LogP contribution < -0.4 is 16.0 Å². The van der Waals surface area contributed by atoms with E-state index in [4.69, 9.17) is 0 Å². The Morgan fingerprint density at radius 1 is 1.24 bits per heavy atom. The van der Waals surface area contributed by atoms with Crippen molar-refractivity contribution in [1.82, 2.24) is 25.5 Å². The van der Waals surface area contributed by atoms with Gasteiger partial charge in [-0.15, -0.1) is 24.0 Å². The monoisotopic (exact) mass is 527 g/mol. The van der Waals surface area contributed by atoms with Gasteiger partial charge in [0, 0.05) is 44.5 Å². The quantitative estimate of drug-likeness (QED) is 0.237. The van der Waals surface area contributed by atoms with Crippen molar-refractivity contribution in [2.75, 3.05) is 32.5 Å². The molecule has 1 aromatic heterocycles. The van der Waals surface area contributed by atoms with Gasteiger partial charge in [0.25, 0.3) is 0 Å². The molecular formula is C18H29F3IN7. The second-order valence-corrected chi connectivity index (χ2v) is 7.41. The Hall–Kier alpha value is -1.37. The number of nitrogens with zero attached hydrogens (tertiary/aromatic N) is 4. The van der Waals surface area contributed by atoms with Gasteiger partial charge in [0.1, 0.15) is 5.69 Å². The van der Waals surface area contributed by atoms with Gasteiger partial charge in [0.15, 0.2) is 5.96 Å². The molecule has 0 saturated carbocycles. The molecule has 3 rings (SSSR count). The molecule has 0 aromatic carbocycles. The molecule has 0 radical (unpaired) electrons. The molecule has 0 aliphatic carbocycles. The van der Waals surface area contributed by atoms with Crippen LogP contribution in [0.25, 0.3) is 0 Å². The van der Waals surface area contributed by atoms with Gasteiger partial charge in [-0.25, -0.2) is 9.97 Å². The smallest absolute Gasteiger partial charge is 0.355 e. The van der Waals surface area contributed by atoms with Crippen molar-refractivity contribution in [1.29, 1.82) is 0 Å². The molecular weight excluding hydrogens is 498 g/mol.